The summed E-state index contributed by atoms with van der Waals surface area (Å²) < 4.78 is 5.90. The summed E-state index contributed by atoms with van der Waals surface area (Å²) in [5.74, 6) is -1.69. The van der Waals surface area contributed by atoms with Crippen LogP contribution in [0.3, 0.4) is 0 Å². The first kappa shape index (κ1) is 18.6. The highest BCUT2D eigenvalue weighted by atomic mass is 16.5. The van der Waals surface area contributed by atoms with E-state index in [4.69, 9.17) is 9.84 Å². The largest absolute Gasteiger partial charge is 0.481 e. The maximum Gasteiger partial charge on any atom is 0.306 e. The van der Waals surface area contributed by atoms with Crippen molar-refractivity contribution in [2.24, 2.45) is 5.92 Å². The highest BCUT2D eigenvalue weighted by Gasteiger charge is 2.24. The molecule has 1 unspecified atom stereocenters. The number of Topliss-reactive ketones (excluding diaryl/α,β-unsaturated/α-hetero) is 1. The molecule has 0 fully saturated rings. The number of aliphatic carboxylic acids is 1. The molecule has 2 atom stereocenters. The van der Waals surface area contributed by atoms with Gasteiger partial charge in [0, 0.05) is 19.3 Å². The van der Waals surface area contributed by atoms with Crippen LogP contribution in [0.25, 0.3) is 0 Å². The van der Waals surface area contributed by atoms with E-state index in [0.717, 1.165) is 0 Å². The number of likely N-dealkylation sites (N-methyl/N-ethyl adjacent to an activating group) is 1. The van der Waals surface area contributed by atoms with Crippen molar-refractivity contribution in [3.8, 4) is 0 Å². The molecule has 0 spiro atoms. The van der Waals surface area contributed by atoms with Gasteiger partial charge < -0.3 is 14.3 Å². The molecular formula is C14H26NO5+. The number of nitrogens with zero attached hydrogens (tertiary/aromatic N) is 1. The van der Waals surface area contributed by atoms with E-state index in [9.17, 15) is 14.4 Å². The van der Waals surface area contributed by atoms with Gasteiger partial charge in [-0.1, -0.05) is 6.92 Å². The van der Waals surface area contributed by atoms with Crippen LogP contribution in [0.15, 0.2) is 0 Å². The fraction of sp³-hybridized carbons (Fsp3) is 0.786. The summed E-state index contributed by atoms with van der Waals surface area (Å²) in [6, 6.07) is 0. The molecule has 6 nitrogen and oxygen atoms in total. The molecule has 0 amide bonds. The number of carboxylic acids is 1. The third-order valence-corrected chi connectivity index (χ3v) is 2.60. The molecular weight excluding hydrogens is 262 g/mol. The molecule has 0 saturated carbocycles. The molecule has 0 aliphatic rings. The third-order valence-electron chi connectivity index (χ3n) is 2.60. The van der Waals surface area contributed by atoms with Crippen molar-refractivity contribution >= 4 is 17.7 Å². The number of carboxylic acid groups (broad SMARTS) is 1. The van der Waals surface area contributed by atoms with Gasteiger partial charge in [0.1, 0.15) is 12.3 Å². The predicted molar refractivity (Wildman–Crippen MR) is 74.1 cm³/mol. The lowest BCUT2D eigenvalue weighted by atomic mass is 10.0. The van der Waals surface area contributed by atoms with E-state index in [1.54, 1.807) is 6.92 Å². The van der Waals surface area contributed by atoms with Crippen LogP contribution in [0.1, 0.15) is 33.1 Å². The van der Waals surface area contributed by atoms with E-state index >= 15 is 0 Å². The van der Waals surface area contributed by atoms with Crippen LogP contribution in [0.2, 0.25) is 0 Å². The summed E-state index contributed by atoms with van der Waals surface area (Å²) in [4.78, 5) is 33.5. The average molecular weight is 288 g/mol. The van der Waals surface area contributed by atoms with Crippen molar-refractivity contribution in [3.05, 3.63) is 0 Å². The Labute approximate surface area is 120 Å². The minimum atomic E-state index is -0.933. The molecule has 0 radical (unpaired) electrons. The summed E-state index contributed by atoms with van der Waals surface area (Å²) in [5, 5.41) is 8.65. The number of quaternary nitrogens is 1. The standard InChI is InChI=1S/C14H25NO5/c1-10(6-13(17)18)7-14(19)20-12(8-11(2)16)9-15(3,4)5/h10,12H,6-9H2,1-5H3/p+1/t10?,12-/m1/s1. The smallest absolute Gasteiger partial charge is 0.306 e. The van der Waals surface area contributed by atoms with E-state index in [-0.39, 0.29) is 31.0 Å². The van der Waals surface area contributed by atoms with Crippen molar-refractivity contribution in [1.29, 1.82) is 0 Å². The lowest BCUT2D eigenvalue weighted by molar-refractivity contribution is -0.873. The van der Waals surface area contributed by atoms with Gasteiger partial charge in [-0.2, -0.15) is 0 Å². The third kappa shape index (κ3) is 10.5. The zero-order valence-corrected chi connectivity index (χ0v) is 13.0. The summed E-state index contributed by atoms with van der Waals surface area (Å²) in [6.45, 7) is 3.69. The zero-order valence-electron chi connectivity index (χ0n) is 13.0. The Kier molecular flexibility index (Phi) is 7.42. The molecule has 0 heterocycles. The number of ketones is 1. The zero-order chi connectivity index (χ0) is 15.9. The van der Waals surface area contributed by atoms with Crippen LogP contribution in [-0.2, 0) is 19.1 Å². The number of carbonyl (C=O) groups is 3. The van der Waals surface area contributed by atoms with Gasteiger partial charge in [0.05, 0.1) is 21.1 Å². The molecule has 0 aliphatic heterocycles. The number of ether oxygens (including phenoxy) is 1. The second-order valence-corrected chi connectivity index (χ2v) is 6.40. The Hall–Kier alpha value is -1.43. The highest BCUT2D eigenvalue weighted by molar-refractivity contribution is 5.77. The van der Waals surface area contributed by atoms with Crippen LogP contribution < -0.4 is 0 Å². The SMILES string of the molecule is CC(=O)C[C@H](C[N+](C)(C)C)OC(=O)CC(C)CC(=O)O. The topological polar surface area (TPSA) is 80.7 Å². The minimum Gasteiger partial charge on any atom is -0.481 e. The highest BCUT2D eigenvalue weighted by Crippen LogP contribution is 2.12. The van der Waals surface area contributed by atoms with Gasteiger partial charge >= 0.3 is 11.9 Å². The Morgan fingerprint density at radius 2 is 1.65 bits per heavy atom. The molecule has 0 bridgehead atoms. The Balaban J connectivity index is 4.45. The van der Waals surface area contributed by atoms with E-state index in [2.05, 4.69) is 0 Å². The van der Waals surface area contributed by atoms with Gasteiger partial charge in [-0.25, -0.2) is 0 Å². The molecule has 0 aromatic rings. The summed E-state index contributed by atoms with van der Waals surface area (Å²) >= 11 is 0. The number of rotatable bonds is 9. The van der Waals surface area contributed by atoms with Gasteiger partial charge in [-0.05, 0) is 12.8 Å². The van der Waals surface area contributed by atoms with E-state index in [1.807, 2.05) is 21.1 Å². The molecule has 0 aliphatic carbocycles. The van der Waals surface area contributed by atoms with Crippen molar-refractivity contribution in [1.82, 2.24) is 0 Å². The van der Waals surface area contributed by atoms with Crippen molar-refractivity contribution < 1.29 is 28.7 Å². The van der Waals surface area contributed by atoms with Crippen molar-refractivity contribution in [2.45, 2.75) is 39.2 Å². The Bertz CT molecular complexity index is 359. The summed E-state index contributed by atoms with van der Waals surface area (Å²) in [5.41, 5.74) is 0. The number of hydrogen-bond acceptors (Lipinski definition) is 4. The van der Waals surface area contributed by atoms with Gasteiger partial charge in [0.15, 0.2) is 6.10 Å². The van der Waals surface area contributed by atoms with Crippen LogP contribution >= 0.6 is 0 Å². The normalized spacial score (nSPS) is 14.4. The van der Waals surface area contributed by atoms with Crippen LogP contribution in [-0.4, -0.2) is 61.1 Å². The lowest BCUT2D eigenvalue weighted by Crippen LogP contribution is -2.43. The van der Waals surface area contributed by atoms with E-state index < -0.39 is 18.0 Å². The van der Waals surface area contributed by atoms with Crippen LogP contribution in [0, 0.1) is 5.92 Å². The first-order valence-corrected chi connectivity index (χ1v) is 6.70. The first-order valence-electron chi connectivity index (χ1n) is 6.70. The molecule has 0 saturated heterocycles. The summed E-state index contributed by atoms with van der Waals surface area (Å²) in [6.07, 6.45) is -0.286. The van der Waals surface area contributed by atoms with Crippen LogP contribution in [0.5, 0.6) is 0 Å². The monoisotopic (exact) mass is 288 g/mol. The molecule has 6 heteroatoms. The fourth-order valence-electron chi connectivity index (χ4n) is 1.96. The van der Waals surface area contributed by atoms with Gasteiger partial charge in [-0.15, -0.1) is 0 Å². The van der Waals surface area contributed by atoms with Gasteiger partial charge in [0.25, 0.3) is 0 Å². The molecule has 0 rings (SSSR count). The first-order chi connectivity index (χ1) is 8.99. The van der Waals surface area contributed by atoms with Gasteiger partial charge in [0.2, 0.25) is 0 Å². The maximum atomic E-state index is 11.8. The minimum absolute atomic E-state index is 0.0326. The van der Waals surface area contributed by atoms with Gasteiger partial charge in [-0.3, -0.25) is 14.4 Å². The van der Waals surface area contributed by atoms with Crippen molar-refractivity contribution in [2.75, 3.05) is 27.7 Å². The predicted octanol–water partition coefficient (Wildman–Crippen LogP) is 1.08. The van der Waals surface area contributed by atoms with E-state index in [0.29, 0.717) is 11.0 Å². The Morgan fingerprint density at radius 1 is 1.10 bits per heavy atom. The molecule has 1 N–H and O–H groups in total. The Morgan fingerprint density at radius 3 is 2.05 bits per heavy atom. The molecule has 116 valence electrons. The van der Waals surface area contributed by atoms with Crippen LogP contribution in [0.4, 0.5) is 0 Å². The second-order valence-electron chi connectivity index (χ2n) is 6.40. The molecule has 20 heavy (non-hydrogen) atoms. The van der Waals surface area contributed by atoms with E-state index in [1.165, 1.54) is 6.92 Å². The second kappa shape index (κ2) is 7.99. The quantitative estimate of drug-likeness (QED) is 0.507. The maximum absolute atomic E-state index is 11.8. The number of hydrogen-bond donors (Lipinski definition) is 1. The number of carbonyl (C=O) groups excluding carboxylic acids is 2. The van der Waals surface area contributed by atoms with Crippen molar-refractivity contribution in [3.63, 3.8) is 0 Å². The lowest BCUT2D eigenvalue weighted by Gasteiger charge is -2.28. The molecule has 0 aromatic carbocycles. The fourth-order valence-corrected chi connectivity index (χ4v) is 1.96. The number of esters is 1. The summed E-state index contributed by atoms with van der Waals surface area (Å²) in [7, 11) is 5.86. The molecule has 0 aromatic heterocycles. The average Bonchev–Trinajstić information content (AvgIpc) is 2.09.